The van der Waals surface area contributed by atoms with E-state index in [1.807, 2.05) is 25.1 Å². The van der Waals surface area contributed by atoms with Crippen molar-refractivity contribution < 1.29 is 18.7 Å². The molecule has 0 aliphatic carbocycles. The summed E-state index contributed by atoms with van der Waals surface area (Å²) in [5, 5.41) is 7.34. The zero-order valence-electron chi connectivity index (χ0n) is 17.7. The predicted molar refractivity (Wildman–Crippen MR) is 117 cm³/mol. The number of aromatic nitrogens is 4. The summed E-state index contributed by atoms with van der Waals surface area (Å²) in [6.07, 6.45) is 2.70. The van der Waals surface area contributed by atoms with Crippen LogP contribution in [0.5, 0.6) is 11.5 Å². The van der Waals surface area contributed by atoms with Crippen molar-refractivity contribution in [3.05, 3.63) is 76.7 Å². The van der Waals surface area contributed by atoms with Crippen molar-refractivity contribution in [2.45, 2.75) is 19.5 Å². The number of nitrogens with one attached hydrogen (secondary N) is 1. The van der Waals surface area contributed by atoms with Gasteiger partial charge in [0.05, 0.1) is 17.9 Å². The Labute approximate surface area is 187 Å². The maximum Gasteiger partial charge on any atom is 0.264 e. The molecule has 1 aliphatic heterocycles. The minimum absolute atomic E-state index is 0.196. The van der Waals surface area contributed by atoms with E-state index in [4.69, 9.17) is 9.47 Å². The number of hydrogen-bond donors (Lipinski definition) is 1. The summed E-state index contributed by atoms with van der Waals surface area (Å²) in [5.41, 5.74) is 1.36. The van der Waals surface area contributed by atoms with Crippen molar-refractivity contribution in [1.29, 1.82) is 0 Å². The Morgan fingerprint density at radius 3 is 2.70 bits per heavy atom. The van der Waals surface area contributed by atoms with E-state index < -0.39 is 5.56 Å². The molecule has 9 nitrogen and oxygen atoms in total. The van der Waals surface area contributed by atoms with Crippen LogP contribution in [0, 0.1) is 5.82 Å². The van der Waals surface area contributed by atoms with E-state index in [1.165, 1.54) is 33.9 Å². The molecule has 0 unspecified atom stereocenters. The van der Waals surface area contributed by atoms with Gasteiger partial charge in [0, 0.05) is 0 Å². The fourth-order valence-electron chi connectivity index (χ4n) is 3.69. The zero-order valence-corrected chi connectivity index (χ0v) is 17.7. The van der Waals surface area contributed by atoms with Gasteiger partial charge < -0.3 is 14.8 Å². The lowest BCUT2D eigenvalue weighted by molar-refractivity contribution is -0.122. The fourth-order valence-corrected chi connectivity index (χ4v) is 3.69. The Morgan fingerprint density at radius 1 is 1.15 bits per heavy atom. The number of halogens is 1. The van der Waals surface area contributed by atoms with Crippen LogP contribution in [0.15, 0.2) is 59.8 Å². The number of carbonyl (C=O) groups excluding carboxylic acids is 1. The summed E-state index contributed by atoms with van der Waals surface area (Å²) in [6.45, 7) is 2.64. The maximum atomic E-state index is 13.2. The smallest absolute Gasteiger partial charge is 0.264 e. The third-order valence-electron chi connectivity index (χ3n) is 5.38. The SMILES string of the molecule is C[C@H](NC(=O)Cn1cnc2c(cnn2-c2ccc(F)cc2)c1=O)c1ccc2c(c1)OCCO2. The maximum absolute atomic E-state index is 13.2. The normalized spacial score (nSPS) is 13.6. The number of benzene rings is 2. The highest BCUT2D eigenvalue weighted by molar-refractivity contribution is 5.78. The molecule has 2 aromatic heterocycles. The molecule has 0 fully saturated rings. The highest BCUT2D eigenvalue weighted by atomic mass is 19.1. The molecule has 0 radical (unpaired) electrons. The van der Waals surface area contributed by atoms with Gasteiger partial charge in [-0.1, -0.05) is 6.07 Å². The van der Waals surface area contributed by atoms with Crippen LogP contribution in [-0.4, -0.2) is 38.5 Å². The number of ether oxygens (including phenoxy) is 2. The second-order valence-electron chi connectivity index (χ2n) is 7.64. The Kier molecular flexibility index (Phi) is 5.25. The molecule has 3 heterocycles. The topological polar surface area (TPSA) is 100 Å². The van der Waals surface area contributed by atoms with Crippen LogP contribution in [0.4, 0.5) is 4.39 Å². The van der Waals surface area contributed by atoms with Gasteiger partial charge in [-0.25, -0.2) is 14.1 Å². The second kappa shape index (κ2) is 8.38. The fraction of sp³-hybridized carbons (Fsp3) is 0.217. The highest BCUT2D eigenvalue weighted by Gasteiger charge is 2.17. The molecule has 168 valence electrons. The molecular weight excluding hydrogens is 429 g/mol. The van der Waals surface area contributed by atoms with Crippen LogP contribution in [0.25, 0.3) is 16.7 Å². The van der Waals surface area contributed by atoms with Crippen LogP contribution >= 0.6 is 0 Å². The molecule has 1 aliphatic rings. The van der Waals surface area contributed by atoms with Gasteiger partial charge in [-0.05, 0) is 48.9 Å². The van der Waals surface area contributed by atoms with Crippen molar-refractivity contribution >= 4 is 16.9 Å². The Bertz CT molecular complexity index is 1400. The van der Waals surface area contributed by atoms with E-state index in [2.05, 4.69) is 15.4 Å². The first-order valence-electron chi connectivity index (χ1n) is 10.4. The minimum Gasteiger partial charge on any atom is -0.486 e. The van der Waals surface area contributed by atoms with Gasteiger partial charge in [0.15, 0.2) is 17.1 Å². The molecule has 10 heteroatoms. The number of amides is 1. The van der Waals surface area contributed by atoms with E-state index in [-0.39, 0.29) is 29.7 Å². The first-order valence-corrected chi connectivity index (χ1v) is 10.4. The van der Waals surface area contributed by atoms with Gasteiger partial charge in [-0.2, -0.15) is 5.10 Å². The third-order valence-corrected chi connectivity index (χ3v) is 5.38. The van der Waals surface area contributed by atoms with Crippen molar-refractivity contribution in [3.63, 3.8) is 0 Å². The number of fused-ring (bicyclic) bond motifs is 2. The number of nitrogens with zero attached hydrogens (tertiary/aromatic N) is 4. The van der Waals surface area contributed by atoms with E-state index in [0.717, 1.165) is 5.56 Å². The molecule has 0 bridgehead atoms. The van der Waals surface area contributed by atoms with Gasteiger partial charge in [-0.15, -0.1) is 0 Å². The van der Waals surface area contributed by atoms with Crippen molar-refractivity contribution in [1.82, 2.24) is 24.6 Å². The first kappa shape index (κ1) is 20.7. The Morgan fingerprint density at radius 2 is 1.91 bits per heavy atom. The highest BCUT2D eigenvalue weighted by Crippen LogP contribution is 2.32. The molecule has 0 saturated carbocycles. The monoisotopic (exact) mass is 449 g/mol. The molecule has 33 heavy (non-hydrogen) atoms. The zero-order chi connectivity index (χ0) is 22.9. The molecule has 1 atom stereocenters. The van der Waals surface area contributed by atoms with Gasteiger partial charge in [-0.3, -0.25) is 14.2 Å². The van der Waals surface area contributed by atoms with Crippen LogP contribution in [0.2, 0.25) is 0 Å². The Balaban J connectivity index is 1.32. The molecule has 0 saturated heterocycles. The Hall–Kier alpha value is -4.21. The van der Waals surface area contributed by atoms with E-state index in [9.17, 15) is 14.0 Å². The molecule has 5 rings (SSSR count). The summed E-state index contributed by atoms with van der Waals surface area (Å²) >= 11 is 0. The molecule has 2 aromatic carbocycles. The summed E-state index contributed by atoms with van der Waals surface area (Å²) in [5.74, 6) is 0.605. The average molecular weight is 449 g/mol. The van der Waals surface area contributed by atoms with Gasteiger partial charge in [0.2, 0.25) is 5.91 Å². The quantitative estimate of drug-likeness (QED) is 0.502. The summed E-state index contributed by atoms with van der Waals surface area (Å²) in [6, 6.07) is 10.9. The van der Waals surface area contributed by atoms with Crippen LogP contribution in [-0.2, 0) is 11.3 Å². The van der Waals surface area contributed by atoms with Crippen LogP contribution in [0.1, 0.15) is 18.5 Å². The second-order valence-corrected chi connectivity index (χ2v) is 7.64. The molecule has 4 aromatic rings. The van der Waals surface area contributed by atoms with E-state index >= 15 is 0 Å². The third kappa shape index (κ3) is 4.02. The minimum atomic E-state index is -0.393. The summed E-state index contributed by atoms with van der Waals surface area (Å²) in [4.78, 5) is 29.8. The van der Waals surface area contributed by atoms with Crippen LogP contribution < -0.4 is 20.3 Å². The lowest BCUT2D eigenvalue weighted by atomic mass is 10.1. The largest absolute Gasteiger partial charge is 0.486 e. The molecule has 0 spiro atoms. The predicted octanol–water partition coefficient (Wildman–Crippen LogP) is 2.37. The van der Waals surface area contributed by atoms with Gasteiger partial charge in [0.1, 0.15) is 37.3 Å². The van der Waals surface area contributed by atoms with E-state index in [0.29, 0.717) is 36.0 Å². The average Bonchev–Trinajstić information content (AvgIpc) is 3.26. The summed E-state index contributed by atoms with van der Waals surface area (Å²) < 4.78 is 27.0. The molecule has 1 amide bonds. The van der Waals surface area contributed by atoms with Gasteiger partial charge in [0.25, 0.3) is 5.56 Å². The van der Waals surface area contributed by atoms with Gasteiger partial charge >= 0.3 is 0 Å². The molecular formula is C23H20FN5O4. The lowest BCUT2D eigenvalue weighted by Gasteiger charge is -2.21. The first-order chi connectivity index (χ1) is 16.0. The number of rotatable bonds is 5. The lowest BCUT2D eigenvalue weighted by Crippen LogP contribution is -2.34. The van der Waals surface area contributed by atoms with Crippen molar-refractivity contribution in [2.75, 3.05) is 13.2 Å². The molecule has 1 N–H and O–H groups in total. The van der Waals surface area contributed by atoms with Crippen molar-refractivity contribution in [2.24, 2.45) is 0 Å². The van der Waals surface area contributed by atoms with Crippen molar-refractivity contribution in [3.8, 4) is 17.2 Å². The summed E-state index contributed by atoms with van der Waals surface area (Å²) in [7, 11) is 0. The number of hydrogen-bond acceptors (Lipinski definition) is 6. The standard InChI is InChI=1S/C23H20FN5O4/c1-14(15-2-7-19-20(10-15)33-9-8-32-19)27-21(30)12-28-13-25-22-18(23(28)31)11-26-29(22)17-5-3-16(24)4-6-17/h2-7,10-11,13-14H,8-9,12H2,1H3,(H,27,30)/t14-/m0/s1. The van der Waals surface area contributed by atoms with Crippen LogP contribution in [0.3, 0.4) is 0 Å². The van der Waals surface area contributed by atoms with E-state index in [1.54, 1.807) is 12.1 Å². The number of carbonyl (C=O) groups is 1.